The number of carbonyl (C=O) groups is 1. The Morgan fingerprint density at radius 2 is 1.62 bits per heavy atom. The van der Waals surface area contributed by atoms with Gasteiger partial charge in [0, 0.05) is 16.0 Å². The van der Waals surface area contributed by atoms with Crippen LogP contribution in [0.1, 0.15) is 59.8 Å². The highest BCUT2D eigenvalue weighted by molar-refractivity contribution is 6.30. The van der Waals surface area contributed by atoms with Crippen LogP contribution in [0.2, 0.25) is 5.02 Å². The van der Waals surface area contributed by atoms with Gasteiger partial charge in [-0.2, -0.15) is 0 Å². The molecule has 34 heavy (non-hydrogen) atoms. The van der Waals surface area contributed by atoms with Crippen molar-refractivity contribution in [1.29, 1.82) is 0 Å². The van der Waals surface area contributed by atoms with E-state index in [1.165, 1.54) is 5.56 Å². The zero-order chi connectivity index (χ0) is 24.6. The summed E-state index contributed by atoms with van der Waals surface area (Å²) in [7, 11) is 0. The lowest BCUT2D eigenvalue weighted by Gasteiger charge is -2.23. The Morgan fingerprint density at radius 3 is 2.24 bits per heavy atom. The van der Waals surface area contributed by atoms with Crippen molar-refractivity contribution in [2.24, 2.45) is 0 Å². The third-order valence-corrected chi connectivity index (χ3v) is 6.97. The van der Waals surface area contributed by atoms with Crippen molar-refractivity contribution in [2.45, 2.75) is 53.4 Å². The number of nitrogens with zero attached hydrogens (tertiary/aromatic N) is 1. The van der Waals surface area contributed by atoms with Gasteiger partial charge in [0.25, 0.3) is 0 Å². The number of ether oxygens (including phenoxy) is 1. The zero-order valence-corrected chi connectivity index (χ0v) is 21.4. The molecule has 4 heteroatoms. The summed E-state index contributed by atoms with van der Waals surface area (Å²) < 4.78 is 5.89. The molecule has 0 saturated carbocycles. The van der Waals surface area contributed by atoms with Gasteiger partial charge in [0.1, 0.15) is 5.75 Å². The molecular weight excluding hydrogens is 442 g/mol. The summed E-state index contributed by atoms with van der Waals surface area (Å²) in [5.74, 6) is 0.148. The van der Waals surface area contributed by atoms with Crippen LogP contribution in [-0.4, -0.2) is 11.0 Å². The van der Waals surface area contributed by atoms with E-state index in [4.69, 9.17) is 21.3 Å². The number of halogens is 1. The average molecular weight is 472 g/mol. The summed E-state index contributed by atoms with van der Waals surface area (Å²) in [6, 6.07) is 19.4. The Morgan fingerprint density at radius 1 is 0.971 bits per heavy atom. The molecule has 0 aliphatic rings. The van der Waals surface area contributed by atoms with Crippen molar-refractivity contribution >= 4 is 28.5 Å². The molecule has 0 aliphatic carbocycles. The summed E-state index contributed by atoms with van der Waals surface area (Å²) in [4.78, 5) is 18.5. The van der Waals surface area contributed by atoms with Gasteiger partial charge in [0.2, 0.25) is 0 Å². The maximum absolute atomic E-state index is 13.6. The number of hydrogen-bond donors (Lipinski definition) is 0. The molecule has 174 valence electrons. The number of rotatable bonds is 5. The maximum Gasteiger partial charge on any atom is 0.344 e. The van der Waals surface area contributed by atoms with Gasteiger partial charge < -0.3 is 4.74 Å². The molecule has 0 aliphatic heterocycles. The van der Waals surface area contributed by atoms with E-state index >= 15 is 0 Å². The first kappa shape index (κ1) is 24.0. The van der Waals surface area contributed by atoms with Crippen LogP contribution >= 0.6 is 11.6 Å². The summed E-state index contributed by atoms with van der Waals surface area (Å²) >= 11 is 6.10. The van der Waals surface area contributed by atoms with Crippen molar-refractivity contribution in [2.75, 3.05) is 0 Å². The predicted octanol–water partition coefficient (Wildman–Crippen LogP) is 8.39. The third kappa shape index (κ3) is 4.58. The molecule has 0 fully saturated rings. The first-order valence-corrected chi connectivity index (χ1v) is 12.0. The molecule has 1 aromatic heterocycles. The second kappa shape index (κ2) is 9.23. The van der Waals surface area contributed by atoms with Crippen molar-refractivity contribution in [3.63, 3.8) is 0 Å². The number of esters is 1. The predicted molar refractivity (Wildman–Crippen MR) is 141 cm³/mol. The zero-order valence-electron chi connectivity index (χ0n) is 20.6. The monoisotopic (exact) mass is 471 g/mol. The van der Waals surface area contributed by atoms with E-state index in [9.17, 15) is 4.79 Å². The highest BCUT2D eigenvalue weighted by Gasteiger charge is 2.23. The second-order valence-corrected chi connectivity index (χ2v) is 10.0. The van der Waals surface area contributed by atoms with Gasteiger partial charge in [-0.3, -0.25) is 0 Å². The van der Waals surface area contributed by atoms with Crippen LogP contribution in [-0.2, 0) is 5.41 Å². The normalized spacial score (nSPS) is 11.6. The number of aryl methyl sites for hydroxylation is 2. The minimum Gasteiger partial charge on any atom is -0.423 e. The molecule has 0 bridgehead atoms. The average Bonchev–Trinajstić information content (AvgIpc) is 2.79. The first-order valence-electron chi connectivity index (χ1n) is 11.6. The number of fused-ring (bicyclic) bond motifs is 1. The standard InChI is InChI=1S/C30H30ClNO2/c1-7-30(5,6)22-10-14-24(15-11-22)34-29(33)26-20(4)28(21-8-12-23(31)13-9-21)32-27-19(3)16-18(2)17-25(26)27/h8-17H,7H2,1-6H3. The lowest BCUT2D eigenvalue weighted by Crippen LogP contribution is -2.16. The van der Waals surface area contributed by atoms with Gasteiger partial charge in [0.05, 0.1) is 16.8 Å². The van der Waals surface area contributed by atoms with E-state index in [0.29, 0.717) is 16.3 Å². The number of carbonyl (C=O) groups excluding carboxylic acids is 1. The SMILES string of the molecule is CCC(C)(C)c1ccc(OC(=O)c2c(C)c(-c3ccc(Cl)cc3)nc3c(C)cc(C)cc23)cc1. The summed E-state index contributed by atoms with van der Waals surface area (Å²) in [5.41, 5.74) is 7.17. The molecule has 3 nitrogen and oxygen atoms in total. The fourth-order valence-corrected chi connectivity index (χ4v) is 4.43. The third-order valence-electron chi connectivity index (χ3n) is 6.72. The highest BCUT2D eigenvalue weighted by atomic mass is 35.5. The van der Waals surface area contributed by atoms with E-state index < -0.39 is 0 Å². The molecule has 0 spiro atoms. The summed E-state index contributed by atoms with van der Waals surface area (Å²) in [6.45, 7) is 12.6. The molecular formula is C30H30ClNO2. The number of pyridine rings is 1. The van der Waals surface area contributed by atoms with E-state index in [1.54, 1.807) is 0 Å². The van der Waals surface area contributed by atoms with Crippen molar-refractivity contribution in [1.82, 2.24) is 4.98 Å². The minimum atomic E-state index is -0.382. The molecule has 0 saturated heterocycles. The van der Waals surface area contributed by atoms with E-state index in [-0.39, 0.29) is 11.4 Å². The van der Waals surface area contributed by atoms with Crippen LogP contribution in [0.5, 0.6) is 5.75 Å². The van der Waals surface area contributed by atoms with Crippen LogP contribution in [0.3, 0.4) is 0 Å². The molecule has 4 rings (SSSR count). The largest absolute Gasteiger partial charge is 0.423 e. The van der Waals surface area contributed by atoms with Crippen molar-refractivity contribution in [3.8, 4) is 17.0 Å². The van der Waals surface area contributed by atoms with E-state index in [1.807, 2.05) is 75.4 Å². The Balaban J connectivity index is 1.82. The van der Waals surface area contributed by atoms with Crippen LogP contribution in [0.25, 0.3) is 22.2 Å². The van der Waals surface area contributed by atoms with Gasteiger partial charge >= 0.3 is 5.97 Å². The molecule has 4 aromatic rings. The second-order valence-electron chi connectivity index (χ2n) is 9.60. The minimum absolute atomic E-state index is 0.0724. The smallest absolute Gasteiger partial charge is 0.344 e. The maximum atomic E-state index is 13.6. The van der Waals surface area contributed by atoms with Crippen molar-refractivity contribution in [3.05, 3.63) is 93.5 Å². The molecule has 0 radical (unpaired) electrons. The Bertz CT molecular complexity index is 1370. The van der Waals surface area contributed by atoms with Gasteiger partial charge in [0.15, 0.2) is 0 Å². The number of hydrogen-bond acceptors (Lipinski definition) is 3. The van der Waals surface area contributed by atoms with Gasteiger partial charge in [-0.15, -0.1) is 0 Å². The Hall–Kier alpha value is -3.17. The van der Waals surface area contributed by atoms with Crippen LogP contribution < -0.4 is 4.74 Å². The first-order chi connectivity index (χ1) is 16.1. The van der Waals surface area contributed by atoms with E-state index in [0.717, 1.165) is 45.3 Å². The van der Waals surface area contributed by atoms with Crippen LogP contribution in [0.15, 0.2) is 60.7 Å². The van der Waals surface area contributed by atoms with Gasteiger partial charge in [-0.1, -0.05) is 68.3 Å². The Labute approximate surface area is 206 Å². The van der Waals surface area contributed by atoms with Gasteiger partial charge in [-0.25, -0.2) is 9.78 Å². The highest BCUT2D eigenvalue weighted by Crippen LogP contribution is 2.34. The molecule has 3 aromatic carbocycles. The molecule has 0 unspecified atom stereocenters. The van der Waals surface area contributed by atoms with Gasteiger partial charge in [-0.05, 0) is 79.6 Å². The molecule has 0 amide bonds. The molecule has 0 N–H and O–H groups in total. The lowest BCUT2D eigenvalue weighted by atomic mass is 9.82. The Kier molecular flexibility index (Phi) is 6.51. The van der Waals surface area contributed by atoms with E-state index in [2.05, 4.69) is 26.8 Å². The number of aromatic nitrogens is 1. The quantitative estimate of drug-likeness (QED) is 0.216. The molecule has 1 heterocycles. The topological polar surface area (TPSA) is 39.2 Å². The fourth-order valence-electron chi connectivity index (χ4n) is 4.30. The van der Waals surface area contributed by atoms with Crippen molar-refractivity contribution < 1.29 is 9.53 Å². The van der Waals surface area contributed by atoms with Crippen LogP contribution in [0.4, 0.5) is 0 Å². The molecule has 0 atom stereocenters. The summed E-state index contributed by atoms with van der Waals surface area (Å²) in [6.07, 6.45) is 1.03. The number of benzene rings is 3. The summed E-state index contributed by atoms with van der Waals surface area (Å²) in [5, 5.41) is 1.46. The van der Waals surface area contributed by atoms with Crippen LogP contribution in [0, 0.1) is 20.8 Å². The lowest BCUT2D eigenvalue weighted by molar-refractivity contribution is 0.0736. The fraction of sp³-hybridized carbons (Fsp3) is 0.267.